The number of nitrogens with zero attached hydrogens (tertiary/aromatic N) is 7. The lowest BCUT2D eigenvalue weighted by molar-refractivity contribution is 0.0144. The standard InChI is InChI=1S/C33H45N7O3/c1-32(2,3)43-31(41)40-17-16-39(20-25(40)10-14-34)29-27-11-15-38(19-24-8-6-5-7-9-24)21-28(27)35-30(36-29)42-22-26-18-33(12-13-33)23-37(26)4/h5-9,25-26H,10-13,15-23H2,1-4H3/t25-,26-/m0/s1. The van der Waals surface area contributed by atoms with Gasteiger partial charge in [0, 0.05) is 57.4 Å². The Morgan fingerprint density at radius 2 is 1.91 bits per heavy atom. The fraction of sp³-hybridized carbons (Fsp3) is 0.636. The Kier molecular flexibility index (Phi) is 8.22. The van der Waals surface area contributed by atoms with Gasteiger partial charge in [0.25, 0.3) is 0 Å². The van der Waals surface area contributed by atoms with E-state index in [0.717, 1.165) is 49.7 Å². The second kappa shape index (κ2) is 11.9. The lowest BCUT2D eigenvalue weighted by Crippen LogP contribution is -2.56. The van der Waals surface area contributed by atoms with E-state index in [-0.39, 0.29) is 18.6 Å². The summed E-state index contributed by atoms with van der Waals surface area (Å²) in [5.74, 6) is 0.879. The van der Waals surface area contributed by atoms with Crippen molar-refractivity contribution >= 4 is 11.9 Å². The van der Waals surface area contributed by atoms with Crippen LogP contribution in [0.5, 0.6) is 6.01 Å². The highest BCUT2D eigenvalue weighted by Gasteiger charge is 2.51. The summed E-state index contributed by atoms with van der Waals surface area (Å²) < 4.78 is 12.1. The molecule has 1 aromatic carbocycles. The van der Waals surface area contributed by atoms with Gasteiger partial charge in [0.1, 0.15) is 18.0 Å². The first-order valence-electron chi connectivity index (χ1n) is 15.7. The van der Waals surface area contributed by atoms with Crippen LogP contribution in [0.1, 0.15) is 63.3 Å². The van der Waals surface area contributed by atoms with E-state index in [2.05, 4.69) is 52.1 Å². The Morgan fingerprint density at radius 3 is 2.60 bits per heavy atom. The van der Waals surface area contributed by atoms with Crippen molar-refractivity contribution in [1.29, 1.82) is 5.26 Å². The monoisotopic (exact) mass is 587 g/mol. The van der Waals surface area contributed by atoms with Crippen molar-refractivity contribution in [3.05, 3.63) is 47.2 Å². The molecule has 3 fully saturated rings. The van der Waals surface area contributed by atoms with Crippen molar-refractivity contribution in [2.45, 2.75) is 83.6 Å². The van der Waals surface area contributed by atoms with Crippen LogP contribution in [-0.4, -0.2) is 94.8 Å². The topological polar surface area (TPSA) is 98.1 Å². The molecule has 230 valence electrons. The van der Waals surface area contributed by atoms with Crippen LogP contribution in [0.25, 0.3) is 0 Å². The molecule has 1 saturated carbocycles. The number of nitriles is 1. The van der Waals surface area contributed by atoms with Crippen molar-refractivity contribution in [2.75, 3.05) is 51.3 Å². The second-order valence-corrected chi connectivity index (χ2v) is 13.9. The number of hydrogen-bond donors (Lipinski definition) is 0. The summed E-state index contributed by atoms with van der Waals surface area (Å²) in [5, 5.41) is 9.63. The zero-order valence-electron chi connectivity index (χ0n) is 26.1. The summed E-state index contributed by atoms with van der Waals surface area (Å²) in [6.45, 7) is 11.4. The lowest BCUT2D eigenvalue weighted by atomic mass is 10.0. The number of amides is 1. The van der Waals surface area contributed by atoms with E-state index in [1.165, 1.54) is 24.8 Å². The van der Waals surface area contributed by atoms with E-state index >= 15 is 0 Å². The van der Waals surface area contributed by atoms with Gasteiger partial charge in [-0.2, -0.15) is 15.2 Å². The van der Waals surface area contributed by atoms with Crippen LogP contribution in [-0.2, 0) is 24.2 Å². The predicted octanol–water partition coefficient (Wildman–Crippen LogP) is 4.24. The summed E-state index contributed by atoms with van der Waals surface area (Å²) in [6, 6.07) is 13.3. The fourth-order valence-electron chi connectivity index (χ4n) is 6.91. The minimum atomic E-state index is -0.596. The molecule has 2 aromatic rings. The molecule has 1 amide bonds. The van der Waals surface area contributed by atoms with Crippen molar-refractivity contribution in [2.24, 2.45) is 5.41 Å². The van der Waals surface area contributed by atoms with Gasteiger partial charge in [0.15, 0.2) is 0 Å². The molecule has 0 bridgehead atoms. The van der Waals surface area contributed by atoms with E-state index < -0.39 is 5.60 Å². The first-order chi connectivity index (χ1) is 20.6. The van der Waals surface area contributed by atoms with Gasteiger partial charge in [-0.05, 0) is 64.5 Å². The number of hydrogen-bond acceptors (Lipinski definition) is 9. The van der Waals surface area contributed by atoms with Crippen LogP contribution in [0.4, 0.5) is 10.6 Å². The molecule has 3 aliphatic heterocycles. The number of benzene rings is 1. The Labute approximate surface area is 255 Å². The molecule has 1 aliphatic carbocycles. The summed E-state index contributed by atoms with van der Waals surface area (Å²) in [5.41, 5.74) is 3.35. The highest BCUT2D eigenvalue weighted by molar-refractivity contribution is 5.69. The largest absolute Gasteiger partial charge is 0.462 e. The van der Waals surface area contributed by atoms with E-state index in [1.807, 2.05) is 26.8 Å². The maximum atomic E-state index is 13.0. The number of carbonyl (C=O) groups is 1. The molecule has 0 unspecified atom stereocenters. The number of ether oxygens (including phenoxy) is 2. The van der Waals surface area contributed by atoms with E-state index in [9.17, 15) is 10.1 Å². The molecule has 2 atom stereocenters. The second-order valence-electron chi connectivity index (χ2n) is 13.9. The SMILES string of the molecule is CN1CC2(CC2)C[C@H]1COc1nc2c(c(N3CCN(C(=O)OC(C)(C)C)[C@@H](CC#N)C3)n1)CCN(Cc1ccccc1)C2. The van der Waals surface area contributed by atoms with Crippen molar-refractivity contribution in [3.8, 4) is 12.1 Å². The van der Waals surface area contributed by atoms with Crippen LogP contribution >= 0.6 is 0 Å². The van der Waals surface area contributed by atoms with Gasteiger partial charge in [0.05, 0.1) is 24.2 Å². The molecule has 4 aliphatic rings. The number of anilines is 1. The van der Waals surface area contributed by atoms with E-state index in [4.69, 9.17) is 19.4 Å². The maximum absolute atomic E-state index is 13.0. The zero-order chi connectivity index (χ0) is 30.2. The van der Waals surface area contributed by atoms with Crippen LogP contribution in [0.2, 0.25) is 0 Å². The van der Waals surface area contributed by atoms with Gasteiger partial charge in [-0.15, -0.1) is 0 Å². The summed E-state index contributed by atoms with van der Waals surface area (Å²) in [6.07, 6.45) is 4.52. The quantitative estimate of drug-likeness (QED) is 0.471. The minimum Gasteiger partial charge on any atom is -0.462 e. The lowest BCUT2D eigenvalue weighted by Gasteiger charge is -2.42. The van der Waals surface area contributed by atoms with Gasteiger partial charge in [0.2, 0.25) is 0 Å². The molecular weight excluding hydrogens is 542 g/mol. The van der Waals surface area contributed by atoms with Crippen molar-refractivity contribution in [3.63, 3.8) is 0 Å². The molecule has 2 saturated heterocycles. The molecule has 1 aromatic heterocycles. The number of piperazine rings is 1. The van der Waals surface area contributed by atoms with Crippen LogP contribution in [0, 0.1) is 16.7 Å². The van der Waals surface area contributed by atoms with Gasteiger partial charge >= 0.3 is 12.1 Å². The maximum Gasteiger partial charge on any atom is 0.410 e. The smallest absolute Gasteiger partial charge is 0.410 e. The van der Waals surface area contributed by atoms with Crippen LogP contribution < -0.4 is 9.64 Å². The minimum absolute atomic E-state index is 0.229. The van der Waals surface area contributed by atoms with E-state index in [1.54, 1.807) is 4.90 Å². The third-order valence-corrected chi connectivity index (χ3v) is 9.33. The third kappa shape index (κ3) is 6.89. The first kappa shape index (κ1) is 29.6. The number of likely N-dealkylation sites (tertiary alicyclic amines) is 1. The molecule has 43 heavy (non-hydrogen) atoms. The van der Waals surface area contributed by atoms with Crippen LogP contribution in [0.3, 0.4) is 0 Å². The molecule has 6 rings (SSSR count). The highest BCUT2D eigenvalue weighted by Crippen LogP contribution is 2.54. The fourth-order valence-corrected chi connectivity index (χ4v) is 6.91. The molecular formula is C33H45N7O3. The molecule has 1 spiro atoms. The molecule has 10 heteroatoms. The number of rotatable bonds is 7. The number of carbonyl (C=O) groups excluding carboxylic acids is 1. The molecule has 0 radical (unpaired) electrons. The molecule has 4 heterocycles. The van der Waals surface area contributed by atoms with E-state index in [0.29, 0.717) is 43.7 Å². The van der Waals surface area contributed by atoms with Gasteiger partial charge in [-0.3, -0.25) is 9.80 Å². The zero-order valence-corrected chi connectivity index (χ0v) is 26.1. The summed E-state index contributed by atoms with van der Waals surface area (Å²) in [7, 11) is 2.20. The number of likely N-dealkylation sites (N-methyl/N-ethyl adjacent to an activating group) is 1. The van der Waals surface area contributed by atoms with Crippen molar-refractivity contribution in [1.82, 2.24) is 24.7 Å². The van der Waals surface area contributed by atoms with Gasteiger partial charge in [-0.1, -0.05) is 30.3 Å². The van der Waals surface area contributed by atoms with Gasteiger partial charge < -0.3 is 19.3 Å². The molecule has 0 N–H and O–H groups in total. The Bertz CT molecular complexity index is 1350. The third-order valence-electron chi connectivity index (χ3n) is 9.33. The number of fused-ring (bicyclic) bond motifs is 1. The van der Waals surface area contributed by atoms with Gasteiger partial charge in [-0.25, -0.2) is 4.79 Å². The predicted molar refractivity (Wildman–Crippen MR) is 164 cm³/mol. The average molecular weight is 588 g/mol. The average Bonchev–Trinajstić information content (AvgIpc) is 3.64. The Morgan fingerprint density at radius 1 is 1.12 bits per heavy atom. The van der Waals surface area contributed by atoms with Crippen LogP contribution in [0.15, 0.2) is 30.3 Å². The number of aromatic nitrogens is 2. The Balaban J connectivity index is 1.24. The molecule has 10 nitrogen and oxygen atoms in total. The summed E-state index contributed by atoms with van der Waals surface area (Å²) >= 11 is 0. The highest BCUT2D eigenvalue weighted by atomic mass is 16.6. The summed E-state index contributed by atoms with van der Waals surface area (Å²) in [4.78, 5) is 31.8. The Hall–Kier alpha value is -3.42. The normalized spacial score (nSPS) is 23.6. The first-order valence-corrected chi connectivity index (χ1v) is 15.7. The van der Waals surface area contributed by atoms with Crippen molar-refractivity contribution < 1.29 is 14.3 Å².